The van der Waals surface area contributed by atoms with Crippen molar-refractivity contribution in [2.24, 2.45) is 5.92 Å². The molecule has 0 radical (unpaired) electrons. The van der Waals surface area contributed by atoms with Crippen molar-refractivity contribution in [3.8, 4) is 6.01 Å². The van der Waals surface area contributed by atoms with Crippen molar-refractivity contribution in [1.29, 1.82) is 0 Å². The smallest absolute Gasteiger partial charge is 0.323 e. The van der Waals surface area contributed by atoms with Crippen molar-refractivity contribution in [3.63, 3.8) is 0 Å². The van der Waals surface area contributed by atoms with Gasteiger partial charge in [-0.1, -0.05) is 13.8 Å². The third-order valence-electron chi connectivity index (χ3n) is 3.17. The van der Waals surface area contributed by atoms with E-state index in [-0.39, 0.29) is 6.10 Å². The summed E-state index contributed by atoms with van der Waals surface area (Å²) >= 11 is 0. The Morgan fingerprint density at radius 2 is 1.75 bits per heavy atom. The normalized spacial score (nSPS) is 12.7. The van der Waals surface area contributed by atoms with Gasteiger partial charge >= 0.3 is 6.01 Å². The minimum atomic E-state index is 0.0348. The molecule has 0 fully saturated rings. The SMILES string of the molecule is CCNc1nc(OC(C)C)nc(N(C)C(C)C(C)C)n1. The minimum Gasteiger partial charge on any atom is -0.461 e. The molecule has 6 heteroatoms. The first-order valence-corrected chi connectivity index (χ1v) is 7.24. The van der Waals surface area contributed by atoms with E-state index >= 15 is 0 Å². The Balaban J connectivity index is 3.07. The molecule has 0 aliphatic rings. The Morgan fingerprint density at radius 3 is 2.25 bits per heavy atom. The van der Waals surface area contributed by atoms with Crippen LogP contribution in [-0.4, -0.2) is 40.7 Å². The average Bonchev–Trinajstić information content (AvgIpc) is 2.36. The van der Waals surface area contributed by atoms with Crippen LogP contribution in [0.1, 0.15) is 41.5 Å². The van der Waals surface area contributed by atoms with Crippen LogP contribution in [0.5, 0.6) is 6.01 Å². The van der Waals surface area contributed by atoms with E-state index in [1.165, 1.54) is 0 Å². The van der Waals surface area contributed by atoms with Crippen LogP contribution in [0.15, 0.2) is 0 Å². The Kier molecular flexibility index (Phi) is 5.98. The first-order valence-electron chi connectivity index (χ1n) is 7.24. The van der Waals surface area contributed by atoms with Crippen LogP contribution in [0.2, 0.25) is 0 Å². The molecule has 1 aromatic heterocycles. The molecule has 0 spiro atoms. The lowest BCUT2D eigenvalue weighted by Crippen LogP contribution is -2.34. The summed E-state index contributed by atoms with van der Waals surface area (Å²) in [6.45, 7) is 13.2. The molecule has 1 rings (SSSR count). The third-order valence-corrected chi connectivity index (χ3v) is 3.17. The van der Waals surface area contributed by atoms with E-state index in [9.17, 15) is 0 Å². The predicted molar refractivity (Wildman–Crippen MR) is 82.5 cm³/mol. The molecule has 0 aliphatic carbocycles. The van der Waals surface area contributed by atoms with E-state index in [0.29, 0.717) is 29.9 Å². The lowest BCUT2D eigenvalue weighted by Gasteiger charge is -2.28. The van der Waals surface area contributed by atoms with Crippen molar-refractivity contribution in [3.05, 3.63) is 0 Å². The first kappa shape index (κ1) is 16.5. The standard InChI is InChI=1S/C14H27N5O/c1-8-15-12-16-13(19(7)11(6)9(2)3)18-14(17-12)20-10(4)5/h9-11H,8H2,1-7H3,(H,15,16,17,18). The molecule has 0 aliphatic heterocycles. The lowest BCUT2D eigenvalue weighted by atomic mass is 10.1. The van der Waals surface area contributed by atoms with Gasteiger partial charge in [-0.25, -0.2) is 0 Å². The number of nitrogens with zero attached hydrogens (tertiary/aromatic N) is 4. The summed E-state index contributed by atoms with van der Waals surface area (Å²) in [5.41, 5.74) is 0. The topological polar surface area (TPSA) is 63.2 Å². The van der Waals surface area contributed by atoms with Crippen LogP contribution >= 0.6 is 0 Å². The molecular formula is C14H27N5O. The molecule has 0 saturated heterocycles. The molecule has 1 heterocycles. The number of ether oxygens (including phenoxy) is 1. The number of aromatic nitrogens is 3. The van der Waals surface area contributed by atoms with E-state index in [1.807, 2.05) is 27.8 Å². The Labute approximate surface area is 122 Å². The second-order valence-electron chi connectivity index (χ2n) is 5.53. The molecule has 1 atom stereocenters. The molecule has 114 valence electrons. The van der Waals surface area contributed by atoms with Gasteiger partial charge in [0.05, 0.1) is 6.10 Å². The maximum atomic E-state index is 5.60. The summed E-state index contributed by atoms with van der Waals surface area (Å²) in [7, 11) is 1.99. The van der Waals surface area contributed by atoms with E-state index in [1.54, 1.807) is 0 Å². The van der Waals surface area contributed by atoms with Gasteiger partial charge in [0.15, 0.2) is 0 Å². The largest absolute Gasteiger partial charge is 0.461 e. The quantitative estimate of drug-likeness (QED) is 0.828. The predicted octanol–water partition coefficient (Wildman–Crippen LogP) is 2.57. The number of hydrogen-bond acceptors (Lipinski definition) is 6. The van der Waals surface area contributed by atoms with Crippen molar-refractivity contribution < 1.29 is 4.74 Å². The zero-order chi connectivity index (χ0) is 15.3. The first-order chi connectivity index (χ1) is 9.35. The summed E-state index contributed by atoms with van der Waals surface area (Å²) < 4.78 is 5.60. The van der Waals surface area contributed by atoms with E-state index in [2.05, 4.69) is 45.9 Å². The number of rotatable bonds is 7. The van der Waals surface area contributed by atoms with Gasteiger partial charge in [0.1, 0.15) is 0 Å². The Morgan fingerprint density at radius 1 is 1.10 bits per heavy atom. The number of nitrogens with one attached hydrogen (secondary N) is 1. The number of hydrogen-bond donors (Lipinski definition) is 1. The molecule has 0 bridgehead atoms. The molecule has 1 N–H and O–H groups in total. The summed E-state index contributed by atoms with van der Waals surface area (Å²) in [5, 5.41) is 3.12. The van der Waals surface area contributed by atoms with E-state index in [0.717, 1.165) is 6.54 Å². The maximum absolute atomic E-state index is 5.60. The van der Waals surface area contributed by atoms with Crippen molar-refractivity contribution in [2.45, 2.75) is 53.7 Å². The van der Waals surface area contributed by atoms with E-state index < -0.39 is 0 Å². The number of anilines is 2. The van der Waals surface area contributed by atoms with Crippen molar-refractivity contribution in [2.75, 3.05) is 23.8 Å². The van der Waals surface area contributed by atoms with Crippen LogP contribution in [0, 0.1) is 5.92 Å². The van der Waals surface area contributed by atoms with Gasteiger partial charge in [-0.2, -0.15) is 15.0 Å². The van der Waals surface area contributed by atoms with Gasteiger partial charge in [-0.15, -0.1) is 0 Å². The lowest BCUT2D eigenvalue weighted by molar-refractivity contribution is 0.222. The summed E-state index contributed by atoms with van der Waals surface area (Å²) in [5.74, 6) is 1.69. The molecule has 6 nitrogen and oxygen atoms in total. The molecule has 0 saturated carbocycles. The van der Waals surface area contributed by atoms with Gasteiger partial charge in [-0.3, -0.25) is 0 Å². The second kappa shape index (κ2) is 7.26. The molecule has 20 heavy (non-hydrogen) atoms. The Hall–Kier alpha value is -1.59. The summed E-state index contributed by atoms with van der Waals surface area (Å²) in [4.78, 5) is 15.2. The highest BCUT2D eigenvalue weighted by Gasteiger charge is 2.18. The highest BCUT2D eigenvalue weighted by Crippen LogP contribution is 2.19. The van der Waals surface area contributed by atoms with Crippen LogP contribution < -0.4 is 15.0 Å². The Bertz CT molecular complexity index is 422. The second-order valence-corrected chi connectivity index (χ2v) is 5.53. The van der Waals surface area contributed by atoms with Gasteiger partial charge in [0.2, 0.25) is 11.9 Å². The minimum absolute atomic E-state index is 0.0348. The zero-order valence-electron chi connectivity index (χ0n) is 13.6. The highest BCUT2D eigenvalue weighted by molar-refractivity contribution is 5.38. The summed E-state index contributed by atoms with van der Waals surface area (Å²) in [6, 6.07) is 0.697. The van der Waals surface area contributed by atoms with Gasteiger partial charge in [0, 0.05) is 19.6 Å². The average molecular weight is 281 g/mol. The molecular weight excluding hydrogens is 254 g/mol. The van der Waals surface area contributed by atoms with Crippen molar-refractivity contribution >= 4 is 11.9 Å². The third kappa shape index (κ3) is 4.51. The van der Waals surface area contributed by atoms with Gasteiger partial charge in [-0.05, 0) is 33.6 Å². The highest BCUT2D eigenvalue weighted by atomic mass is 16.5. The monoisotopic (exact) mass is 281 g/mol. The van der Waals surface area contributed by atoms with Crippen LogP contribution in [0.3, 0.4) is 0 Å². The molecule has 1 aromatic rings. The maximum Gasteiger partial charge on any atom is 0.323 e. The van der Waals surface area contributed by atoms with Crippen LogP contribution in [-0.2, 0) is 0 Å². The van der Waals surface area contributed by atoms with Crippen LogP contribution in [0.25, 0.3) is 0 Å². The fourth-order valence-corrected chi connectivity index (χ4v) is 1.63. The molecule has 1 unspecified atom stereocenters. The van der Waals surface area contributed by atoms with Gasteiger partial charge in [0.25, 0.3) is 0 Å². The van der Waals surface area contributed by atoms with Crippen LogP contribution in [0.4, 0.5) is 11.9 Å². The fourth-order valence-electron chi connectivity index (χ4n) is 1.63. The summed E-state index contributed by atoms with van der Waals surface area (Å²) in [6.07, 6.45) is 0.0348. The van der Waals surface area contributed by atoms with E-state index in [4.69, 9.17) is 4.74 Å². The van der Waals surface area contributed by atoms with Gasteiger partial charge < -0.3 is 15.0 Å². The zero-order valence-corrected chi connectivity index (χ0v) is 13.6. The van der Waals surface area contributed by atoms with Crippen molar-refractivity contribution in [1.82, 2.24) is 15.0 Å². The molecule has 0 aromatic carbocycles. The molecule has 0 amide bonds. The fraction of sp³-hybridized carbons (Fsp3) is 0.786.